The van der Waals surface area contributed by atoms with Crippen molar-refractivity contribution in [3.05, 3.63) is 35.4 Å². The van der Waals surface area contributed by atoms with Crippen molar-refractivity contribution in [3.63, 3.8) is 0 Å². The maximum Gasteiger partial charge on any atom is 0.251 e. The van der Waals surface area contributed by atoms with E-state index < -0.39 is 0 Å². The molecule has 0 aliphatic rings. The Kier molecular flexibility index (Phi) is 5.03. The van der Waals surface area contributed by atoms with Crippen LogP contribution in [0.15, 0.2) is 24.3 Å². The number of nitrogens with one attached hydrogen (secondary N) is 2. The number of nitriles is 1. The second kappa shape index (κ2) is 6.59. The number of nitrogens with zero attached hydrogens (tertiary/aromatic N) is 1. The van der Waals surface area contributed by atoms with E-state index in [2.05, 4.69) is 16.7 Å². The van der Waals surface area contributed by atoms with Crippen molar-refractivity contribution in [1.82, 2.24) is 10.6 Å². The average molecular weight is 217 g/mol. The van der Waals surface area contributed by atoms with E-state index in [1.807, 2.05) is 12.1 Å². The lowest BCUT2D eigenvalue weighted by Gasteiger charge is -2.04. The largest absolute Gasteiger partial charge is 0.355 e. The van der Waals surface area contributed by atoms with Gasteiger partial charge in [-0.2, -0.15) is 5.26 Å². The molecule has 4 heteroatoms. The first-order valence-electron chi connectivity index (χ1n) is 5.16. The molecule has 4 nitrogen and oxygen atoms in total. The van der Waals surface area contributed by atoms with Gasteiger partial charge in [0.1, 0.15) is 0 Å². The van der Waals surface area contributed by atoms with E-state index in [9.17, 15) is 4.79 Å². The summed E-state index contributed by atoms with van der Waals surface area (Å²) in [6.45, 7) is 1.41. The maximum atomic E-state index is 11.3. The summed E-state index contributed by atoms with van der Waals surface area (Å²) in [5, 5.41) is 14.1. The van der Waals surface area contributed by atoms with Gasteiger partial charge >= 0.3 is 0 Å². The van der Waals surface area contributed by atoms with Gasteiger partial charge < -0.3 is 10.6 Å². The van der Waals surface area contributed by atoms with Crippen LogP contribution in [0, 0.1) is 11.3 Å². The topological polar surface area (TPSA) is 64.9 Å². The fourth-order valence-corrected chi connectivity index (χ4v) is 1.30. The number of benzene rings is 1. The van der Waals surface area contributed by atoms with E-state index in [0.717, 1.165) is 12.1 Å². The van der Waals surface area contributed by atoms with Gasteiger partial charge in [-0.1, -0.05) is 12.1 Å². The van der Waals surface area contributed by atoms with Crippen molar-refractivity contribution in [1.29, 1.82) is 5.26 Å². The first-order chi connectivity index (χ1) is 7.77. The fourth-order valence-electron chi connectivity index (χ4n) is 1.30. The SMILES string of the molecule is CNC(=O)c1ccc(CNCCC#N)cc1. The van der Waals surface area contributed by atoms with Gasteiger partial charge in [-0.05, 0) is 17.7 Å². The number of carbonyl (C=O) groups is 1. The molecule has 1 aromatic rings. The van der Waals surface area contributed by atoms with Crippen LogP contribution in [0.5, 0.6) is 0 Å². The Balaban J connectivity index is 2.46. The lowest BCUT2D eigenvalue weighted by molar-refractivity contribution is 0.0963. The molecule has 16 heavy (non-hydrogen) atoms. The van der Waals surface area contributed by atoms with Crippen LogP contribution in [0.25, 0.3) is 0 Å². The maximum absolute atomic E-state index is 11.3. The lowest BCUT2D eigenvalue weighted by Crippen LogP contribution is -2.18. The van der Waals surface area contributed by atoms with Crippen LogP contribution in [-0.4, -0.2) is 19.5 Å². The zero-order valence-electron chi connectivity index (χ0n) is 9.29. The molecule has 0 aliphatic heterocycles. The summed E-state index contributed by atoms with van der Waals surface area (Å²) in [5.74, 6) is -0.0796. The van der Waals surface area contributed by atoms with E-state index in [4.69, 9.17) is 5.26 Å². The minimum atomic E-state index is -0.0796. The molecule has 1 rings (SSSR count). The van der Waals surface area contributed by atoms with Gasteiger partial charge in [0.05, 0.1) is 6.07 Å². The number of amides is 1. The molecule has 0 aliphatic carbocycles. The normalized spacial score (nSPS) is 9.50. The molecule has 0 radical (unpaired) electrons. The van der Waals surface area contributed by atoms with Gasteiger partial charge in [-0.25, -0.2) is 0 Å². The Morgan fingerprint density at radius 1 is 1.38 bits per heavy atom. The highest BCUT2D eigenvalue weighted by atomic mass is 16.1. The van der Waals surface area contributed by atoms with Gasteiger partial charge in [-0.3, -0.25) is 4.79 Å². The predicted molar refractivity (Wildman–Crippen MR) is 61.8 cm³/mol. The lowest BCUT2D eigenvalue weighted by atomic mass is 10.1. The third-order valence-corrected chi connectivity index (χ3v) is 2.19. The molecule has 0 unspecified atom stereocenters. The van der Waals surface area contributed by atoms with Gasteiger partial charge in [0.2, 0.25) is 0 Å². The van der Waals surface area contributed by atoms with Crippen LogP contribution < -0.4 is 10.6 Å². The van der Waals surface area contributed by atoms with Crippen molar-refractivity contribution in [3.8, 4) is 6.07 Å². The molecule has 0 fully saturated rings. The molecular formula is C12H15N3O. The Bertz CT molecular complexity index is 378. The second-order valence-electron chi connectivity index (χ2n) is 3.36. The van der Waals surface area contributed by atoms with Crippen LogP contribution in [0.3, 0.4) is 0 Å². The van der Waals surface area contributed by atoms with E-state index in [1.165, 1.54) is 0 Å². The summed E-state index contributed by atoms with van der Waals surface area (Å²) in [4.78, 5) is 11.3. The Hall–Kier alpha value is -1.86. The molecule has 2 N–H and O–H groups in total. The standard InChI is InChI=1S/C12H15N3O/c1-14-12(16)11-5-3-10(4-6-11)9-15-8-2-7-13/h3-6,15H,2,8-9H2,1H3,(H,14,16). The number of hydrogen-bond acceptors (Lipinski definition) is 3. The van der Waals surface area contributed by atoms with Crippen molar-refractivity contribution in [2.24, 2.45) is 0 Å². The van der Waals surface area contributed by atoms with Crippen molar-refractivity contribution in [2.75, 3.05) is 13.6 Å². The summed E-state index contributed by atoms with van der Waals surface area (Å²) in [5.41, 5.74) is 1.76. The molecule has 0 saturated heterocycles. The Labute approximate surface area is 95.3 Å². The molecule has 84 valence electrons. The first-order valence-corrected chi connectivity index (χ1v) is 5.16. The van der Waals surface area contributed by atoms with E-state index >= 15 is 0 Å². The Morgan fingerprint density at radius 2 is 2.06 bits per heavy atom. The van der Waals surface area contributed by atoms with Crippen LogP contribution in [0.2, 0.25) is 0 Å². The molecule has 0 bridgehead atoms. The van der Waals surface area contributed by atoms with Crippen molar-refractivity contribution >= 4 is 5.91 Å². The average Bonchev–Trinajstić information content (AvgIpc) is 2.34. The van der Waals surface area contributed by atoms with E-state index in [1.54, 1.807) is 19.2 Å². The van der Waals surface area contributed by atoms with Crippen molar-refractivity contribution in [2.45, 2.75) is 13.0 Å². The number of carbonyl (C=O) groups excluding carboxylic acids is 1. The molecular weight excluding hydrogens is 202 g/mol. The first kappa shape index (κ1) is 12.2. The molecule has 1 amide bonds. The highest BCUT2D eigenvalue weighted by Gasteiger charge is 2.01. The summed E-state index contributed by atoms with van der Waals surface area (Å²) in [6.07, 6.45) is 0.510. The summed E-state index contributed by atoms with van der Waals surface area (Å²) >= 11 is 0. The zero-order chi connectivity index (χ0) is 11.8. The third kappa shape index (κ3) is 3.71. The van der Waals surface area contributed by atoms with Gasteiger partial charge in [-0.15, -0.1) is 0 Å². The molecule has 1 aromatic carbocycles. The quantitative estimate of drug-likeness (QED) is 0.724. The smallest absolute Gasteiger partial charge is 0.251 e. The number of hydrogen-bond donors (Lipinski definition) is 2. The number of rotatable bonds is 5. The molecule has 0 spiro atoms. The highest BCUT2D eigenvalue weighted by Crippen LogP contribution is 2.04. The minimum Gasteiger partial charge on any atom is -0.355 e. The monoisotopic (exact) mass is 217 g/mol. The molecule has 0 atom stereocenters. The summed E-state index contributed by atoms with van der Waals surface area (Å²) in [7, 11) is 1.61. The summed E-state index contributed by atoms with van der Waals surface area (Å²) < 4.78 is 0. The van der Waals surface area contributed by atoms with Gasteiger partial charge in [0.25, 0.3) is 5.91 Å². The van der Waals surface area contributed by atoms with E-state index in [-0.39, 0.29) is 5.91 Å². The van der Waals surface area contributed by atoms with Gasteiger partial charge in [0.15, 0.2) is 0 Å². The third-order valence-electron chi connectivity index (χ3n) is 2.19. The van der Waals surface area contributed by atoms with E-state index in [0.29, 0.717) is 18.5 Å². The van der Waals surface area contributed by atoms with Crippen LogP contribution in [-0.2, 0) is 6.54 Å². The highest BCUT2D eigenvalue weighted by molar-refractivity contribution is 5.93. The molecule has 0 saturated carbocycles. The predicted octanol–water partition coefficient (Wildman–Crippen LogP) is 1.05. The molecule has 0 aromatic heterocycles. The second-order valence-corrected chi connectivity index (χ2v) is 3.36. The van der Waals surface area contributed by atoms with Gasteiger partial charge in [0, 0.05) is 32.1 Å². The van der Waals surface area contributed by atoms with Crippen molar-refractivity contribution < 1.29 is 4.79 Å². The van der Waals surface area contributed by atoms with Crippen LogP contribution in [0.4, 0.5) is 0 Å². The minimum absolute atomic E-state index is 0.0796. The summed E-state index contributed by atoms with van der Waals surface area (Å²) in [6, 6.07) is 9.47. The Morgan fingerprint density at radius 3 is 2.62 bits per heavy atom. The van der Waals surface area contributed by atoms with Crippen LogP contribution in [0.1, 0.15) is 22.3 Å². The van der Waals surface area contributed by atoms with Crippen LogP contribution >= 0.6 is 0 Å². The zero-order valence-corrected chi connectivity index (χ0v) is 9.29. The fraction of sp³-hybridized carbons (Fsp3) is 0.333. The molecule has 0 heterocycles.